The molecule has 4 heterocycles. The molecule has 6 N–H and O–H groups in total. The molecule has 0 spiro atoms. The second-order valence-corrected chi connectivity index (χ2v) is 6.91. The molecule has 4 rings (SSSR count). The van der Waals surface area contributed by atoms with Crippen LogP contribution in [0, 0.1) is 13.8 Å². The van der Waals surface area contributed by atoms with E-state index in [1.165, 1.54) is 0 Å². The number of imidazole rings is 2. The molecule has 4 aromatic heterocycles. The lowest BCUT2D eigenvalue weighted by molar-refractivity contribution is 0.980. The second kappa shape index (κ2) is 6.97. The van der Waals surface area contributed by atoms with Crippen molar-refractivity contribution in [3.63, 3.8) is 0 Å². The van der Waals surface area contributed by atoms with Gasteiger partial charge in [0.05, 0.1) is 34.5 Å². The van der Waals surface area contributed by atoms with Crippen molar-refractivity contribution in [3.8, 4) is 22.5 Å². The van der Waals surface area contributed by atoms with Crippen LogP contribution >= 0.6 is 11.6 Å². The highest BCUT2D eigenvalue weighted by molar-refractivity contribution is 6.35. The van der Waals surface area contributed by atoms with Crippen LogP contribution in [0.3, 0.4) is 0 Å². The fourth-order valence-corrected chi connectivity index (χ4v) is 3.27. The molecule has 28 heavy (non-hydrogen) atoms. The Bertz CT molecular complexity index is 1160. The molecule has 0 atom stereocenters. The van der Waals surface area contributed by atoms with E-state index in [4.69, 9.17) is 23.1 Å². The number of hydrogen-bond donors (Lipinski definition) is 4. The number of nitrogens with zero attached hydrogens (tertiary/aromatic N) is 4. The number of anilines is 2. The summed E-state index contributed by atoms with van der Waals surface area (Å²) < 4.78 is 0. The summed E-state index contributed by atoms with van der Waals surface area (Å²) in [4.78, 5) is 23.8. The largest absolute Gasteiger partial charge is 0.384 e. The molecule has 8 nitrogen and oxygen atoms in total. The lowest BCUT2D eigenvalue weighted by atomic mass is 10.1. The van der Waals surface area contributed by atoms with E-state index in [1.807, 2.05) is 26.0 Å². The first-order valence-electron chi connectivity index (χ1n) is 8.65. The maximum atomic E-state index is 6.35. The number of aryl methyl sites for hydroxylation is 2. The Balaban J connectivity index is 1.65. The predicted molar refractivity (Wildman–Crippen MR) is 110 cm³/mol. The van der Waals surface area contributed by atoms with Gasteiger partial charge in [0.15, 0.2) is 0 Å². The van der Waals surface area contributed by atoms with Gasteiger partial charge in [-0.05, 0) is 32.0 Å². The maximum Gasteiger partial charge on any atom is 0.143 e. The number of pyridine rings is 2. The van der Waals surface area contributed by atoms with Crippen LogP contribution in [0.5, 0.6) is 0 Å². The van der Waals surface area contributed by atoms with Crippen molar-refractivity contribution in [2.45, 2.75) is 20.3 Å². The number of nitrogens with two attached hydrogens (primary N) is 2. The SMILES string of the molecule is Cc1ncc(-c2cc(Cc3ncc(-c4ccc(N)nc4C)[nH]3)nc(N)c2Cl)[nH]1. The molecule has 0 aromatic carbocycles. The van der Waals surface area contributed by atoms with E-state index < -0.39 is 0 Å². The van der Waals surface area contributed by atoms with Crippen molar-refractivity contribution >= 4 is 23.2 Å². The Morgan fingerprint density at radius 1 is 0.964 bits per heavy atom. The van der Waals surface area contributed by atoms with Crippen molar-refractivity contribution in [1.82, 2.24) is 29.9 Å². The van der Waals surface area contributed by atoms with Gasteiger partial charge in [-0.25, -0.2) is 19.9 Å². The first-order chi connectivity index (χ1) is 13.4. The Morgan fingerprint density at radius 3 is 2.43 bits per heavy atom. The summed E-state index contributed by atoms with van der Waals surface area (Å²) in [7, 11) is 0. The highest BCUT2D eigenvalue weighted by Crippen LogP contribution is 2.31. The predicted octanol–water partition coefficient (Wildman–Crippen LogP) is 3.28. The van der Waals surface area contributed by atoms with Gasteiger partial charge in [-0.1, -0.05) is 11.6 Å². The Labute approximate surface area is 166 Å². The van der Waals surface area contributed by atoms with Gasteiger partial charge >= 0.3 is 0 Å². The third kappa shape index (κ3) is 3.41. The highest BCUT2D eigenvalue weighted by Gasteiger charge is 2.14. The fraction of sp³-hybridized carbons (Fsp3) is 0.158. The van der Waals surface area contributed by atoms with Gasteiger partial charge in [0.2, 0.25) is 0 Å². The van der Waals surface area contributed by atoms with E-state index in [9.17, 15) is 0 Å². The summed E-state index contributed by atoms with van der Waals surface area (Å²) in [5, 5.41) is 0.399. The first kappa shape index (κ1) is 18.0. The summed E-state index contributed by atoms with van der Waals surface area (Å²) >= 11 is 6.35. The average molecular weight is 395 g/mol. The molecule has 0 aliphatic carbocycles. The van der Waals surface area contributed by atoms with Gasteiger partial charge in [0, 0.05) is 23.2 Å². The topological polar surface area (TPSA) is 135 Å². The van der Waals surface area contributed by atoms with E-state index in [1.54, 1.807) is 18.5 Å². The van der Waals surface area contributed by atoms with Crippen LogP contribution in [0.2, 0.25) is 5.02 Å². The zero-order chi connectivity index (χ0) is 19.8. The Morgan fingerprint density at radius 2 is 1.71 bits per heavy atom. The number of H-pyrrole nitrogens is 2. The molecule has 142 valence electrons. The second-order valence-electron chi connectivity index (χ2n) is 6.53. The number of hydrogen-bond acceptors (Lipinski definition) is 6. The smallest absolute Gasteiger partial charge is 0.143 e. The molecule has 0 aliphatic rings. The van der Waals surface area contributed by atoms with Gasteiger partial charge in [-0.2, -0.15) is 0 Å². The third-order valence-electron chi connectivity index (χ3n) is 4.40. The van der Waals surface area contributed by atoms with E-state index in [2.05, 4.69) is 29.9 Å². The van der Waals surface area contributed by atoms with Crippen molar-refractivity contribution < 1.29 is 0 Å². The van der Waals surface area contributed by atoms with Crippen molar-refractivity contribution in [2.24, 2.45) is 0 Å². The van der Waals surface area contributed by atoms with Crippen molar-refractivity contribution in [1.29, 1.82) is 0 Å². The molecule has 0 unspecified atom stereocenters. The molecule has 0 amide bonds. The molecule has 0 saturated carbocycles. The van der Waals surface area contributed by atoms with Gasteiger partial charge in [-0.15, -0.1) is 0 Å². The summed E-state index contributed by atoms with van der Waals surface area (Å²) in [6, 6.07) is 5.58. The molecular weight excluding hydrogens is 376 g/mol. The molecule has 4 aromatic rings. The molecule has 0 aliphatic heterocycles. The maximum absolute atomic E-state index is 6.35. The van der Waals surface area contributed by atoms with Gasteiger partial charge < -0.3 is 21.4 Å². The number of nitrogen functional groups attached to an aromatic ring is 2. The minimum Gasteiger partial charge on any atom is -0.384 e. The first-order valence-corrected chi connectivity index (χ1v) is 9.02. The average Bonchev–Trinajstić information content (AvgIpc) is 3.27. The molecule has 9 heteroatoms. The van der Waals surface area contributed by atoms with Crippen LogP contribution in [0.1, 0.15) is 23.0 Å². The Kier molecular flexibility index (Phi) is 4.48. The molecule has 0 saturated heterocycles. The summed E-state index contributed by atoms with van der Waals surface area (Å²) in [6.45, 7) is 3.79. The van der Waals surface area contributed by atoms with E-state index >= 15 is 0 Å². The van der Waals surface area contributed by atoms with Gasteiger partial charge in [0.1, 0.15) is 23.3 Å². The molecule has 0 bridgehead atoms. The zero-order valence-electron chi connectivity index (χ0n) is 15.4. The van der Waals surface area contributed by atoms with Crippen LogP contribution in [0.4, 0.5) is 11.6 Å². The third-order valence-corrected chi connectivity index (χ3v) is 4.80. The lowest BCUT2D eigenvalue weighted by Crippen LogP contribution is -2.01. The normalized spacial score (nSPS) is 11.1. The van der Waals surface area contributed by atoms with Gasteiger partial charge in [-0.3, -0.25) is 0 Å². The zero-order valence-corrected chi connectivity index (χ0v) is 16.2. The van der Waals surface area contributed by atoms with Crippen LogP contribution in [0.25, 0.3) is 22.5 Å². The number of nitrogens with one attached hydrogen (secondary N) is 2. The van der Waals surface area contributed by atoms with E-state index in [0.717, 1.165) is 45.6 Å². The van der Waals surface area contributed by atoms with Crippen LogP contribution in [-0.4, -0.2) is 29.9 Å². The summed E-state index contributed by atoms with van der Waals surface area (Å²) in [5.41, 5.74) is 16.7. The standard InChI is InChI=1S/C19H19ClN8/c1-9-12(3-4-16(21)25-9)14-8-24-17(28-14)6-11-5-13(18(20)19(22)27-11)15-7-23-10(2)26-15/h3-5,7-8H,6H2,1-2H3,(H2,21,25)(H2,22,27)(H,23,26)(H,24,28). The monoisotopic (exact) mass is 394 g/mol. The molecular formula is C19H19ClN8. The lowest BCUT2D eigenvalue weighted by Gasteiger charge is -2.08. The van der Waals surface area contributed by atoms with Gasteiger partial charge in [0.25, 0.3) is 0 Å². The van der Waals surface area contributed by atoms with Crippen molar-refractivity contribution in [2.75, 3.05) is 11.5 Å². The van der Waals surface area contributed by atoms with Crippen molar-refractivity contribution in [3.05, 3.63) is 58.7 Å². The van der Waals surface area contributed by atoms with Crippen LogP contribution < -0.4 is 11.5 Å². The molecule has 0 fully saturated rings. The summed E-state index contributed by atoms with van der Waals surface area (Å²) in [6.07, 6.45) is 3.97. The number of halogens is 1. The Hall–Kier alpha value is -3.39. The summed E-state index contributed by atoms with van der Waals surface area (Å²) in [5.74, 6) is 2.31. The number of rotatable bonds is 4. The van der Waals surface area contributed by atoms with E-state index in [0.29, 0.717) is 17.3 Å². The van der Waals surface area contributed by atoms with Crippen LogP contribution in [0.15, 0.2) is 30.6 Å². The van der Waals surface area contributed by atoms with Crippen LogP contribution in [-0.2, 0) is 6.42 Å². The van der Waals surface area contributed by atoms with E-state index in [-0.39, 0.29) is 5.82 Å². The fourth-order valence-electron chi connectivity index (χ4n) is 3.07. The molecule has 0 radical (unpaired) electrons. The highest BCUT2D eigenvalue weighted by atomic mass is 35.5. The minimum absolute atomic E-state index is 0.270. The quantitative estimate of drug-likeness (QED) is 0.419. The minimum atomic E-state index is 0.270. The number of aromatic nitrogens is 6. The number of aromatic amines is 2.